The molecule has 35 heavy (non-hydrogen) atoms. The Morgan fingerprint density at radius 3 is 2.51 bits per heavy atom. The van der Waals surface area contributed by atoms with Crippen LogP contribution in [0.3, 0.4) is 0 Å². The van der Waals surface area contributed by atoms with Crippen LogP contribution in [-0.4, -0.2) is 58.6 Å². The second kappa shape index (κ2) is 12.6. The topological polar surface area (TPSA) is 146 Å². The number of nitrogen functional groups attached to an aromatic ring is 1. The van der Waals surface area contributed by atoms with E-state index < -0.39 is 22.6 Å². The van der Waals surface area contributed by atoms with Crippen LogP contribution >= 0.6 is 12.0 Å². The minimum Gasteiger partial charge on any atom is -0.464 e. The van der Waals surface area contributed by atoms with Crippen molar-refractivity contribution in [3.05, 3.63) is 45.5 Å². The van der Waals surface area contributed by atoms with Gasteiger partial charge < -0.3 is 15.4 Å². The lowest BCUT2D eigenvalue weighted by molar-refractivity contribution is -0.383. The van der Waals surface area contributed by atoms with Crippen molar-refractivity contribution in [2.45, 2.75) is 51.0 Å². The molecule has 1 unspecified atom stereocenters. The molecule has 1 aromatic carbocycles. The smallest absolute Gasteiger partial charge is 0.353 e. The van der Waals surface area contributed by atoms with Gasteiger partial charge >= 0.3 is 11.7 Å². The molecule has 0 radical (unpaired) electrons. The minimum atomic E-state index is -0.895. The number of hydrogen-bond acceptors (Lipinski definition) is 12. The molecule has 1 aromatic heterocycles. The Bertz CT molecular complexity index is 1020. The Labute approximate surface area is 208 Å². The number of aromatic nitrogens is 2. The first-order valence-corrected chi connectivity index (χ1v) is 12.0. The second-order valence-electron chi connectivity index (χ2n) is 7.99. The predicted molar refractivity (Wildman–Crippen MR) is 130 cm³/mol. The Hall–Kier alpha value is -3.00. The van der Waals surface area contributed by atoms with Gasteiger partial charge in [-0.05, 0) is 50.9 Å². The maximum atomic E-state index is 12.7. The summed E-state index contributed by atoms with van der Waals surface area (Å²) in [5.41, 5.74) is 7.41. The number of hydrogen-bond donors (Lipinski definition) is 1. The van der Waals surface area contributed by atoms with Crippen LogP contribution in [0.25, 0.3) is 0 Å². The van der Waals surface area contributed by atoms with Crippen molar-refractivity contribution in [3.8, 4) is 0 Å². The third-order valence-corrected chi connectivity index (χ3v) is 6.12. The average molecular weight is 507 g/mol. The Morgan fingerprint density at radius 1 is 1.26 bits per heavy atom. The van der Waals surface area contributed by atoms with Gasteiger partial charge in [0, 0.05) is 13.1 Å². The second-order valence-corrected chi connectivity index (χ2v) is 8.66. The zero-order valence-electron chi connectivity index (χ0n) is 20.0. The number of anilines is 2. The molecule has 13 heteroatoms. The van der Waals surface area contributed by atoms with Gasteiger partial charge in [0.15, 0.2) is 0 Å². The van der Waals surface area contributed by atoms with Crippen LogP contribution in [0.1, 0.15) is 37.8 Å². The summed E-state index contributed by atoms with van der Waals surface area (Å²) in [6.45, 7) is 6.67. The van der Waals surface area contributed by atoms with Crippen LogP contribution < -0.4 is 10.6 Å². The van der Waals surface area contributed by atoms with Crippen molar-refractivity contribution >= 4 is 35.3 Å². The molecule has 2 heterocycles. The van der Waals surface area contributed by atoms with E-state index in [0.717, 1.165) is 25.2 Å². The maximum Gasteiger partial charge on any atom is 0.353 e. The van der Waals surface area contributed by atoms with E-state index in [-0.39, 0.29) is 29.9 Å². The van der Waals surface area contributed by atoms with E-state index in [4.69, 9.17) is 14.8 Å². The van der Waals surface area contributed by atoms with Gasteiger partial charge in [-0.3, -0.25) is 15.0 Å². The van der Waals surface area contributed by atoms with Crippen molar-refractivity contribution in [1.82, 2.24) is 14.9 Å². The molecule has 190 valence electrons. The first-order valence-electron chi connectivity index (χ1n) is 11.3. The van der Waals surface area contributed by atoms with Crippen molar-refractivity contribution < 1.29 is 23.7 Å². The molecule has 2 N–H and O–H groups in total. The van der Waals surface area contributed by atoms with Gasteiger partial charge in [-0.1, -0.05) is 24.3 Å². The fraction of sp³-hybridized carbons (Fsp3) is 0.500. The van der Waals surface area contributed by atoms with Crippen LogP contribution in [0.2, 0.25) is 0 Å². The molecule has 0 bridgehead atoms. The summed E-state index contributed by atoms with van der Waals surface area (Å²) >= 11 is 0.646. The Balaban J connectivity index is 1.96. The van der Waals surface area contributed by atoms with Crippen LogP contribution in [0.5, 0.6) is 0 Å². The van der Waals surface area contributed by atoms with Crippen LogP contribution in [0, 0.1) is 10.1 Å². The summed E-state index contributed by atoms with van der Waals surface area (Å²) in [5.74, 6) is -1.03. The van der Waals surface area contributed by atoms with Crippen molar-refractivity contribution in [2.75, 3.05) is 37.4 Å². The first kappa shape index (κ1) is 26.6. The zero-order chi connectivity index (χ0) is 25.4. The lowest BCUT2D eigenvalue weighted by Crippen LogP contribution is -2.41. The monoisotopic (exact) mass is 506 g/mol. The molecule has 3 rings (SSSR count). The first-order chi connectivity index (χ1) is 16.8. The SMILES string of the molecule is CCOC(=O)C(C)N(Cc1ccc(CN2CCCC2)cc1)c1nc(SOOC)nc(N)c1[N+](=O)[O-]. The summed E-state index contributed by atoms with van der Waals surface area (Å²) in [5, 5.41) is 11.9. The quantitative estimate of drug-likeness (QED) is 0.113. The van der Waals surface area contributed by atoms with E-state index in [2.05, 4.69) is 19.8 Å². The number of benzene rings is 1. The van der Waals surface area contributed by atoms with E-state index in [0.29, 0.717) is 12.0 Å². The molecular weight excluding hydrogens is 476 g/mol. The highest BCUT2D eigenvalue weighted by Crippen LogP contribution is 2.35. The summed E-state index contributed by atoms with van der Waals surface area (Å²) in [4.78, 5) is 40.5. The molecule has 12 nitrogen and oxygen atoms in total. The number of likely N-dealkylation sites (tertiary alicyclic amines) is 1. The molecule has 0 amide bonds. The average Bonchev–Trinajstić information content (AvgIpc) is 3.34. The van der Waals surface area contributed by atoms with Gasteiger partial charge in [0.2, 0.25) is 16.8 Å². The third-order valence-electron chi connectivity index (χ3n) is 5.58. The fourth-order valence-electron chi connectivity index (χ4n) is 3.85. The van der Waals surface area contributed by atoms with E-state index >= 15 is 0 Å². The van der Waals surface area contributed by atoms with Crippen LogP contribution in [0.15, 0.2) is 29.4 Å². The van der Waals surface area contributed by atoms with Crippen molar-refractivity contribution in [2.24, 2.45) is 0 Å². The van der Waals surface area contributed by atoms with Crippen molar-refractivity contribution in [3.63, 3.8) is 0 Å². The number of nitrogens with zero attached hydrogens (tertiary/aromatic N) is 5. The highest BCUT2D eigenvalue weighted by atomic mass is 32.2. The number of carbonyl (C=O) groups excluding carboxylic acids is 1. The molecule has 1 aliphatic rings. The van der Waals surface area contributed by atoms with Gasteiger partial charge in [0.25, 0.3) is 0 Å². The Kier molecular flexibility index (Phi) is 9.60. The molecule has 0 aliphatic carbocycles. The third kappa shape index (κ3) is 7.01. The van der Waals surface area contributed by atoms with E-state index in [1.807, 2.05) is 24.3 Å². The molecule has 1 fully saturated rings. The summed E-state index contributed by atoms with van der Waals surface area (Å²) < 4.78 is 9.98. The number of ether oxygens (including phenoxy) is 1. The largest absolute Gasteiger partial charge is 0.464 e. The van der Waals surface area contributed by atoms with Crippen LogP contribution in [-0.2, 0) is 31.8 Å². The van der Waals surface area contributed by atoms with E-state index in [9.17, 15) is 14.9 Å². The molecule has 2 aromatic rings. The lowest BCUT2D eigenvalue weighted by Gasteiger charge is -2.29. The highest BCUT2D eigenvalue weighted by Gasteiger charge is 2.33. The van der Waals surface area contributed by atoms with E-state index in [1.165, 1.54) is 30.4 Å². The van der Waals surface area contributed by atoms with Crippen LogP contribution in [0.4, 0.5) is 17.3 Å². The number of esters is 1. The summed E-state index contributed by atoms with van der Waals surface area (Å²) in [6.07, 6.45) is 2.44. The Morgan fingerprint density at radius 2 is 1.91 bits per heavy atom. The summed E-state index contributed by atoms with van der Waals surface area (Å²) in [6, 6.07) is 7.04. The maximum absolute atomic E-state index is 12.7. The zero-order valence-corrected chi connectivity index (χ0v) is 20.8. The van der Waals surface area contributed by atoms with Gasteiger partial charge in [0.1, 0.15) is 18.1 Å². The number of rotatable bonds is 12. The van der Waals surface area contributed by atoms with E-state index in [1.54, 1.807) is 13.8 Å². The minimum absolute atomic E-state index is 0.00744. The normalized spacial score (nSPS) is 14.6. The highest BCUT2D eigenvalue weighted by molar-refractivity contribution is 7.94. The number of carbonyl (C=O) groups is 1. The fourth-order valence-corrected chi connectivity index (χ4v) is 4.24. The lowest BCUT2D eigenvalue weighted by atomic mass is 10.1. The molecule has 1 aliphatic heterocycles. The summed E-state index contributed by atoms with van der Waals surface area (Å²) in [7, 11) is 1.30. The van der Waals surface area contributed by atoms with Gasteiger partial charge in [-0.25, -0.2) is 9.68 Å². The molecular formula is C22H30N6O6S. The number of nitro groups is 1. The van der Waals surface area contributed by atoms with Crippen molar-refractivity contribution in [1.29, 1.82) is 0 Å². The van der Waals surface area contributed by atoms with Gasteiger partial charge in [-0.15, -0.1) is 0 Å². The molecule has 1 atom stereocenters. The molecule has 0 saturated carbocycles. The standard InChI is InChI=1S/C22H30N6O6S/c1-4-33-21(29)15(2)27(14-17-9-7-16(8-10-17)13-26-11-5-6-12-26)20-18(28(30)31)19(23)24-22(25-20)35-34-32-3/h7-10,15H,4-6,11-14H2,1-3H3,(H2,23,24,25). The van der Waals surface area contributed by atoms with Gasteiger partial charge in [-0.2, -0.15) is 14.3 Å². The predicted octanol–water partition coefficient (Wildman–Crippen LogP) is 3.11. The van der Waals surface area contributed by atoms with Gasteiger partial charge in [0.05, 0.1) is 18.6 Å². The molecule has 0 spiro atoms. The molecule has 1 saturated heterocycles. The number of nitrogens with two attached hydrogens (primary N) is 1.